The van der Waals surface area contributed by atoms with Gasteiger partial charge in [-0.3, -0.25) is 9.59 Å². The number of hydrogen-bond acceptors (Lipinski definition) is 4. The summed E-state index contributed by atoms with van der Waals surface area (Å²) in [6.07, 6.45) is 3.21. The second-order valence-corrected chi connectivity index (χ2v) is 7.09. The summed E-state index contributed by atoms with van der Waals surface area (Å²) < 4.78 is 20.3. The summed E-state index contributed by atoms with van der Waals surface area (Å²) in [4.78, 5) is 29.5. The molecule has 160 valence electrons. The summed E-state index contributed by atoms with van der Waals surface area (Å²) in [7, 11) is 0. The Kier molecular flexibility index (Phi) is 6.36. The smallest absolute Gasteiger partial charge is 0.263 e. The van der Waals surface area contributed by atoms with Gasteiger partial charge >= 0.3 is 0 Å². The van der Waals surface area contributed by atoms with Gasteiger partial charge in [0.15, 0.2) is 0 Å². The number of pyridine rings is 2. The molecule has 6 nitrogen and oxygen atoms in total. The van der Waals surface area contributed by atoms with Crippen molar-refractivity contribution in [3.63, 3.8) is 0 Å². The van der Waals surface area contributed by atoms with E-state index < -0.39 is 11.7 Å². The Morgan fingerprint density at radius 1 is 0.969 bits per heavy atom. The summed E-state index contributed by atoms with van der Waals surface area (Å²) in [6, 6.07) is 21.9. The van der Waals surface area contributed by atoms with Gasteiger partial charge in [-0.15, -0.1) is 0 Å². The maximum atomic E-state index is 13.2. The van der Waals surface area contributed by atoms with Gasteiger partial charge in [-0.25, -0.2) is 9.37 Å². The average Bonchev–Trinajstić information content (AvgIpc) is 2.80. The summed E-state index contributed by atoms with van der Waals surface area (Å²) >= 11 is 0. The summed E-state index contributed by atoms with van der Waals surface area (Å²) in [5.41, 5.74) is 1.41. The minimum atomic E-state index is -0.461. The van der Waals surface area contributed by atoms with Crippen molar-refractivity contribution in [1.82, 2.24) is 14.9 Å². The summed E-state index contributed by atoms with van der Waals surface area (Å²) in [5.74, 6) is -0.213. The van der Waals surface area contributed by atoms with Crippen LogP contribution in [0.1, 0.15) is 21.5 Å². The van der Waals surface area contributed by atoms with Crippen molar-refractivity contribution in [2.45, 2.75) is 13.1 Å². The molecule has 1 amide bonds. The molecule has 2 aromatic heterocycles. The Balaban J connectivity index is 1.38. The van der Waals surface area contributed by atoms with Crippen LogP contribution in [-0.2, 0) is 13.1 Å². The molecule has 7 heteroatoms. The first-order chi connectivity index (χ1) is 15.6. The van der Waals surface area contributed by atoms with Gasteiger partial charge in [-0.05, 0) is 35.4 Å². The first-order valence-corrected chi connectivity index (χ1v) is 9.98. The van der Waals surface area contributed by atoms with E-state index >= 15 is 0 Å². The van der Waals surface area contributed by atoms with Crippen LogP contribution in [0.5, 0.6) is 11.6 Å². The number of aromatic nitrogens is 2. The van der Waals surface area contributed by atoms with Crippen LogP contribution < -0.4 is 15.6 Å². The van der Waals surface area contributed by atoms with Crippen LogP contribution in [0.15, 0.2) is 96.1 Å². The molecule has 2 aromatic carbocycles. The molecule has 4 aromatic rings. The summed E-state index contributed by atoms with van der Waals surface area (Å²) in [6.45, 7) is 0.580. The molecule has 0 saturated heterocycles. The van der Waals surface area contributed by atoms with Crippen LogP contribution >= 0.6 is 0 Å². The predicted molar refractivity (Wildman–Crippen MR) is 118 cm³/mol. The fourth-order valence-corrected chi connectivity index (χ4v) is 3.12. The highest BCUT2D eigenvalue weighted by atomic mass is 19.1. The van der Waals surface area contributed by atoms with Crippen molar-refractivity contribution in [2.24, 2.45) is 0 Å². The van der Waals surface area contributed by atoms with Gasteiger partial charge in [-0.1, -0.05) is 42.5 Å². The zero-order valence-corrected chi connectivity index (χ0v) is 17.1. The molecule has 0 aliphatic rings. The van der Waals surface area contributed by atoms with E-state index in [-0.39, 0.29) is 17.7 Å². The van der Waals surface area contributed by atoms with Gasteiger partial charge in [0.25, 0.3) is 11.5 Å². The van der Waals surface area contributed by atoms with E-state index in [9.17, 15) is 14.0 Å². The highest BCUT2D eigenvalue weighted by Crippen LogP contribution is 2.20. The Morgan fingerprint density at radius 3 is 2.56 bits per heavy atom. The average molecular weight is 429 g/mol. The number of hydrogen-bond donors (Lipinski definition) is 1. The molecule has 4 rings (SSSR count). The molecule has 0 fully saturated rings. The molecular formula is C25H20FN3O3. The van der Waals surface area contributed by atoms with Crippen molar-refractivity contribution in [3.8, 4) is 11.6 Å². The van der Waals surface area contributed by atoms with Crippen LogP contribution in [0, 0.1) is 5.82 Å². The number of nitrogens with one attached hydrogen (secondary N) is 1. The predicted octanol–water partition coefficient (Wildman–Crippen LogP) is 4.15. The highest BCUT2D eigenvalue weighted by Gasteiger charge is 2.12. The van der Waals surface area contributed by atoms with E-state index in [0.717, 1.165) is 11.1 Å². The zero-order chi connectivity index (χ0) is 22.3. The number of amides is 1. The first kappa shape index (κ1) is 21.0. The van der Waals surface area contributed by atoms with E-state index in [2.05, 4.69) is 10.3 Å². The van der Waals surface area contributed by atoms with Crippen molar-refractivity contribution < 1.29 is 13.9 Å². The first-order valence-electron chi connectivity index (χ1n) is 9.98. The van der Waals surface area contributed by atoms with Crippen LogP contribution in [0.4, 0.5) is 4.39 Å². The summed E-state index contributed by atoms with van der Waals surface area (Å²) in [5, 5.41) is 2.74. The van der Waals surface area contributed by atoms with Crippen molar-refractivity contribution >= 4 is 5.91 Å². The molecule has 0 spiro atoms. The van der Waals surface area contributed by atoms with Gasteiger partial charge in [0, 0.05) is 31.1 Å². The second-order valence-electron chi connectivity index (χ2n) is 7.09. The normalized spacial score (nSPS) is 10.5. The maximum absolute atomic E-state index is 13.2. The van der Waals surface area contributed by atoms with Crippen LogP contribution in [0.2, 0.25) is 0 Å². The Bertz CT molecular complexity index is 1270. The molecule has 1 N–H and O–H groups in total. The standard InChI is InChI=1S/C25H20FN3O3/c26-20-8-4-9-21(14-20)32-23-12-11-19(15-27-23)16-28-24(30)22-10-5-13-29(25(22)31)17-18-6-2-1-3-7-18/h1-15H,16-17H2,(H,28,30). The quantitative estimate of drug-likeness (QED) is 0.479. The van der Waals surface area contributed by atoms with Gasteiger partial charge < -0.3 is 14.6 Å². The van der Waals surface area contributed by atoms with E-state index in [0.29, 0.717) is 18.2 Å². The van der Waals surface area contributed by atoms with Crippen molar-refractivity contribution in [2.75, 3.05) is 0 Å². The van der Waals surface area contributed by atoms with Crippen LogP contribution in [-0.4, -0.2) is 15.5 Å². The molecule has 0 aliphatic heterocycles. The molecule has 0 bridgehead atoms. The molecule has 0 radical (unpaired) electrons. The molecule has 0 aliphatic carbocycles. The van der Waals surface area contributed by atoms with E-state index in [1.54, 1.807) is 42.7 Å². The second kappa shape index (κ2) is 9.70. The van der Waals surface area contributed by atoms with Crippen LogP contribution in [0.25, 0.3) is 0 Å². The SMILES string of the molecule is O=C(NCc1ccc(Oc2cccc(F)c2)nc1)c1cccn(Cc2ccccc2)c1=O. The maximum Gasteiger partial charge on any atom is 0.263 e. The molecule has 2 heterocycles. The molecule has 0 saturated carbocycles. The number of halogens is 1. The van der Waals surface area contributed by atoms with Crippen molar-refractivity contribution in [3.05, 3.63) is 124 Å². The van der Waals surface area contributed by atoms with Gasteiger partial charge in [-0.2, -0.15) is 0 Å². The van der Waals surface area contributed by atoms with E-state index in [4.69, 9.17) is 4.74 Å². The molecule has 0 atom stereocenters. The molecule has 0 unspecified atom stereocenters. The minimum absolute atomic E-state index is 0.0717. The van der Waals surface area contributed by atoms with E-state index in [1.807, 2.05) is 30.3 Å². The lowest BCUT2D eigenvalue weighted by Gasteiger charge is -2.09. The monoisotopic (exact) mass is 429 g/mol. The third kappa shape index (κ3) is 5.26. The van der Waals surface area contributed by atoms with Gasteiger partial charge in [0.2, 0.25) is 5.88 Å². The zero-order valence-electron chi connectivity index (χ0n) is 17.1. The Morgan fingerprint density at radius 2 is 1.81 bits per heavy atom. The lowest BCUT2D eigenvalue weighted by atomic mass is 10.2. The fraction of sp³-hybridized carbons (Fsp3) is 0.0800. The molecule has 32 heavy (non-hydrogen) atoms. The largest absolute Gasteiger partial charge is 0.439 e. The topological polar surface area (TPSA) is 73.2 Å². The lowest BCUT2D eigenvalue weighted by molar-refractivity contribution is 0.0948. The number of carbonyl (C=O) groups excluding carboxylic acids is 1. The Labute approximate surface area is 183 Å². The number of carbonyl (C=O) groups is 1. The fourth-order valence-electron chi connectivity index (χ4n) is 3.12. The van der Waals surface area contributed by atoms with Crippen molar-refractivity contribution in [1.29, 1.82) is 0 Å². The van der Waals surface area contributed by atoms with Crippen LogP contribution in [0.3, 0.4) is 0 Å². The number of ether oxygens (including phenoxy) is 1. The Hall–Kier alpha value is -4.26. The van der Waals surface area contributed by atoms with Gasteiger partial charge in [0.1, 0.15) is 17.1 Å². The minimum Gasteiger partial charge on any atom is -0.439 e. The molecular weight excluding hydrogens is 409 g/mol. The van der Waals surface area contributed by atoms with Gasteiger partial charge in [0.05, 0.1) is 6.54 Å². The number of nitrogens with zero attached hydrogens (tertiary/aromatic N) is 2. The highest BCUT2D eigenvalue weighted by molar-refractivity contribution is 5.93. The third-order valence-corrected chi connectivity index (χ3v) is 4.73. The lowest BCUT2D eigenvalue weighted by Crippen LogP contribution is -2.32. The number of rotatable bonds is 7. The third-order valence-electron chi connectivity index (χ3n) is 4.73. The number of benzene rings is 2. The van der Waals surface area contributed by atoms with E-state index in [1.165, 1.54) is 22.8 Å².